The maximum Gasteiger partial charge on any atom is 0.145 e. The standard InChI is InChI=1S/C8H13N3O/c1-8(2)6-5-7(9)10-11(6)3-4-12-8/h5H,3-4H2,1-2H3,(H2,9,10). The van der Waals surface area contributed by atoms with Gasteiger partial charge >= 0.3 is 0 Å². The van der Waals surface area contributed by atoms with E-state index in [1.165, 1.54) is 0 Å². The molecule has 4 heteroatoms. The van der Waals surface area contributed by atoms with Gasteiger partial charge in [0, 0.05) is 6.07 Å². The molecular formula is C8H13N3O. The van der Waals surface area contributed by atoms with Crippen molar-refractivity contribution in [1.82, 2.24) is 9.78 Å². The van der Waals surface area contributed by atoms with Gasteiger partial charge in [-0.1, -0.05) is 0 Å². The summed E-state index contributed by atoms with van der Waals surface area (Å²) in [7, 11) is 0. The Hall–Kier alpha value is -1.03. The number of nitrogens with zero attached hydrogens (tertiary/aromatic N) is 2. The third kappa shape index (κ3) is 0.992. The van der Waals surface area contributed by atoms with Gasteiger partial charge in [0.05, 0.1) is 18.8 Å². The first-order valence-corrected chi connectivity index (χ1v) is 4.07. The van der Waals surface area contributed by atoms with Crippen LogP contribution in [0.15, 0.2) is 6.07 Å². The van der Waals surface area contributed by atoms with Gasteiger partial charge < -0.3 is 10.5 Å². The van der Waals surface area contributed by atoms with Crippen molar-refractivity contribution in [2.24, 2.45) is 0 Å². The van der Waals surface area contributed by atoms with Gasteiger partial charge in [-0.15, -0.1) is 0 Å². The number of hydrogen-bond donors (Lipinski definition) is 1. The Labute approximate surface area is 71.3 Å². The van der Waals surface area contributed by atoms with Crippen LogP contribution in [-0.2, 0) is 16.9 Å². The fourth-order valence-electron chi connectivity index (χ4n) is 1.55. The predicted octanol–water partition coefficient (Wildman–Crippen LogP) is 0.731. The maximum atomic E-state index is 5.59. The minimum atomic E-state index is -0.247. The van der Waals surface area contributed by atoms with E-state index in [2.05, 4.69) is 5.10 Å². The number of nitrogen functional groups attached to an aromatic ring is 1. The Morgan fingerprint density at radius 1 is 1.67 bits per heavy atom. The van der Waals surface area contributed by atoms with Crippen molar-refractivity contribution in [1.29, 1.82) is 0 Å². The summed E-state index contributed by atoms with van der Waals surface area (Å²) in [6, 6.07) is 1.87. The van der Waals surface area contributed by atoms with Crippen molar-refractivity contribution in [3.05, 3.63) is 11.8 Å². The topological polar surface area (TPSA) is 53.1 Å². The number of hydrogen-bond acceptors (Lipinski definition) is 3. The molecule has 0 saturated heterocycles. The zero-order chi connectivity index (χ0) is 8.77. The minimum absolute atomic E-state index is 0.247. The Morgan fingerprint density at radius 3 is 3.08 bits per heavy atom. The molecular weight excluding hydrogens is 154 g/mol. The van der Waals surface area contributed by atoms with Gasteiger partial charge in [0.2, 0.25) is 0 Å². The molecule has 1 aliphatic rings. The normalized spacial score (nSPS) is 20.5. The average molecular weight is 167 g/mol. The second-order valence-electron chi connectivity index (χ2n) is 3.54. The summed E-state index contributed by atoms with van der Waals surface area (Å²) >= 11 is 0. The molecule has 2 rings (SSSR count). The second kappa shape index (κ2) is 2.23. The zero-order valence-corrected chi connectivity index (χ0v) is 7.37. The lowest BCUT2D eigenvalue weighted by Crippen LogP contribution is -2.33. The van der Waals surface area contributed by atoms with E-state index in [-0.39, 0.29) is 5.60 Å². The Kier molecular flexibility index (Phi) is 1.41. The van der Waals surface area contributed by atoms with E-state index in [1.807, 2.05) is 24.6 Å². The molecule has 0 unspecified atom stereocenters. The van der Waals surface area contributed by atoms with E-state index in [0.29, 0.717) is 12.4 Å². The molecule has 12 heavy (non-hydrogen) atoms. The highest BCUT2D eigenvalue weighted by atomic mass is 16.5. The minimum Gasteiger partial charge on any atom is -0.382 e. The smallest absolute Gasteiger partial charge is 0.145 e. The molecule has 0 spiro atoms. The predicted molar refractivity (Wildman–Crippen MR) is 45.6 cm³/mol. The average Bonchev–Trinajstić information content (AvgIpc) is 2.30. The first-order chi connectivity index (χ1) is 5.59. The molecule has 1 aromatic heterocycles. The number of ether oxygens (including phenoxy) is 1. The molecule has 66 valence electrons. The number of rotatable bonds is 0. The lowest BCUT2D eigenvalue weighted by molar-refractivity contribution is -0.0532. The van der Waals surface area contributed by atoms with Crippen molar-refractivity contribution in [3.63, 3.8) is 0 Å². The molecule has 2 N–H and O–H groups in total. The van der Waals surface area contributed by atoms with Gasteiger partial charge in [-0.05, 0) is 13.8 Å². The van der Waals surface area contributed by atoms with Crippen LogP contribution in [0, 0.1) is 0 Å². The van der Waals surface area contributed by atoms with Crippen LogP contribution in [0.1, 0.15) is 19.5 Å². The van der Waals surface area contributed by atoms with Crippen LogP contribution >= 0.6 is 0 Å². The summed E-state index contributed by atoms with van der Waals surface area (Å²) in [4.78, 5) is 0. The van der Waals surface area contributed by atoms with E-state index in [0.717, 1.165) is 12.2 Å². The van der Waals surface area contributed by atoms with E-state index in [9.17, 15) is 0 Å². The van der Waals surface area contributed by atoms with Gasteiger partial charge in [0.15, 0.2) is 0 Å². The van der Waals surface area contributed by atoms with Crippen LogP contribution in [-0.4, -0.2) is 16.4 Å². The molecule has 0 aliphatic carbocycles. The highest BCUT2D eigenvalue weighted by Crippen LogP contribution is 2.29. The van der Waals surface area contributed by atoms with Crippen molar-refractivity contribution in [3.8, 4) is 0 Å². The Bertz CT molecular complexity index is 303. The third-order valence-electron chi connectivity index (χ3n) is 2.18. The van der Waals surface area contributed by atoms with Crippen LogP contribution in [0.25, 0.3) is 0 Å². The number of aromatic nitrogens is 2. The molecule has 1 aromatic rings. The van der Waals surface area contributed by atoms with Crippen LogP contribution in [0.2, 0.25) is 0 Å². The van der Waals surface area contributed by atoms with Crippen molar-refractivity contribution in [2.45, 2.75) is 26.0 Å². The molecule has 0 atom stereocenters. The van der Waals surface area contributed by atoms with Gasteiger partial charge in [-0.3, -0.25) is 4.68 Å². The summed E-state index contributed by atoms with van der Waals surface area (Å²) in [5.41, 5.74) is 6.41. The fraction of sp³-hybridized carbons (Fsp3) is 0.625. The quantitative estimate of drug-likeness (QED) is 0.619. The van der Waals surface area contributed by atoms with Crippen LogP contribution in [0.5, 0.6) is 0 Å². The summed E-state index contributed by atoms with van der Waals surface area (Å²) in [5.74, 6) is 0.573. The first kappa shape index (κ1) is 7.61. The molecule has 0 fully saturated rings. The van der Waals surface area contributed by atoms with E-state index < -0.39 is 0 Å². The van der Waals surface area contributed by atoms with Crippen molar-refractivity contribution >= 4 is 5.82 Å². The van der Waals surface area contributed by atoms with Gasteiger partial charge in [0.1, 0.15) is 11.4 Å². The van der Waals surface area contributed by atoms with Crippen molar-refractivity contribution < 1.29 is 4.74 Å². The highest BCUT2D eigenvalue weighted by Gasteiger charge is 2.29. The molecule has 2 heterocycles. The molecule has 0 radical (unpaired) electrons. The summed E-state index contributed by atoms with van der Waals surface area (Å²) in [6.45, 7) is 5.56. The number of fused-ring (bicyclic) bond motifs is 1. The Morgan fingerprint density at radius 2 is 2.42 bits per heavy atom. The molecule has 0 aromatic carbocycles. The second-order valence-corrected chi connectivity index (χ2v) is 3.54. The summed E-state index contributed by atoms with van der Waals surface area (Å²) in [6.07, 6.45) is 0. The third-order valence-corrected chi connectivity index (χ3v) is 2.18. The molecule has 0 saturated carbocycles. The molecule has 1 aliphatic heterocycles. The summed E-state index contributed by atoms with van der Waals surface area (Å²) < 4.78 is 7.50. The molecule has 4 nitrogen and oxygen atoms in total. The Balaban J connectivity index is 2.51. The van der Waals surface area contributed by atoms with E-state index in [4.69, 9.17) is 10.5 Å². The summed E-state index contributed by atoms with van der Waals surface area (Å²) in [5, 5.41) is 4.16. The van der Waals surface area contributed by atoms with E-state index in [1.54, 1.807) is 0 Å². The maximum absolute atomic E-state index is 5.59. The van der Waals surface area contributed by atoms with Gasteiger partial charge in [0.25, 0.3) is 0 Å². The first-order valence-electron chi connectivity index (χ1n) is 4.07. The largest absolute Gasteiger partial charge is 0.382 e. The van der Waals surface area contributed by atoms with Crippen molar-refractivity contribution in [2.75, 3.05) is 12.3 Å². The van der Waals surface area contributed by atoms with Crippen LogP contribution < -0.4 is 5.73 Å². The van der Waals surface area contributed by atoms with Crippen LogP contribution in [0.4, 0.5) is 5.82 Å². The lowest BCUT2D eigenvalue weighted by atomic mass is 10.0. The fourth-order valence-corrected chi connectivity index (χ4v) is 1.55. The van der Waals surface area contributed by atoms with Gasteiger partial charge in [-0.2, -0.15) is 5.10 Å². The number of anilines is 1. The monoisotopic (exact) mass is 167 g/mol. The van der Waals surface area contributed by atoms with E-state index >= 15 is 0 Å². The SMILES string of the molecule is CC1(C)OCCn2nc(N)cc21. The zero-order valence-electron chi connectivity index (χ0n) is 7.37. The van der Waals surface area contributed by atoms with Crippen LogP contribution in [0.3, 0.4) is 0 Å². The highest BCUT2D eigenvalue weighted by molar-refractivity contribution is 5.32. The molecule has 0 amide bonds. The van der Waals surface area contributed by atoms with Gasteiger partial charge in [-0.25, -0.2) is 0 Å². The molecule has 0 bridgehead atoms. The lowest BCUT2D eigenvalue weighted by Gasteiger charge is -2.30. The number of nitrogens with two attached hydrogens (primary N) is 1.